The highest BCUT2D eigenvalue weighted by Crippen LogP contribution is 2.42. The molecule has 0 amide bonds. The third kappa shape index (κ3) is 8.22. The second-order valence-electron chi connectivity index (χ2n) is 12.8. The van der Waals surface area contributed by atoms with Gasteiger partial charge in [-0.15, -0.1) is 0 Å². The molecule has 2 aromatic carbocycles. The molecule has 0 saturated heterocycles. The molecule has 4 rings (SSSR count). The molecule has 0 aromatic heterocycles. The molecule has 0 bridgehead atoms. The van der Waals surface area contributed by atoms with E-state index in [-0.39, 0.29) is 29.7 Å². The van der Waals surface area contributed by atoms with Gasteiger partial charge in [0.2, 0.25) is 0 Å². The smallest absolute Gasteiger partial charge is 0.314 e. The summed E-state index contributed by atoms with van der Waals surface area (Å²) in [5.74, 6) is 0.823. The van der Waals surface area contributed by atoms with Crippen LogP contribution in [0.5, 0.6) is 11.5 Å². The molecule has 5 nitrogen and oxygen atoms in total. The fraction of sp³-hybridized carbons (Fsp3) is 0.611. The third-order valence-electron chi connectivity index (χ3n) is 9.28. The van der Waals surface area contributed by atoms with E-state index in [0.29, 0.717) is 23.6 Å². The van der Waals surface area contributed by atoms with Crippen LogP contribution >= 0.6 is 0 Å². The van der Waals surface area contributed by atoms with Gasteiger partial charge in [0.25, 0.3) is 0 Å². The lowest BCUT2D eigenvalue weighted by atomic mass is 9.84. The quantitative estimate of drug-likeness (QED) is 0.203. The molecule has 2 aromatic rings. The predicted octanol–water partition coefficient (Wildman–Crippen LogP) is 8.61. The van der Waals surface area contributed by atoms with Crippen LogP contribution in [0.1, 0.15) is 121 Å². The van der Waals surface area contributed by atoms with Crippen LogP contribution in [0.3, 0.4) is 0 Å². The first kappa shape index (κ1) is 31.3. The van der Waals surface area contributed by atoms with Crippen molar-refractivity contribution in [1.82, 2.24) is 4.90 Å². The maximum absolute atomic E-state index is 13.4. The van der Waals surface area contributed by atoms with Crippen molar-refractivity contribution in [3.63, 3.8) is 0 Å². The Balaban J connectivity index is 1.73. The third-order valence-corrected chi connectivity index (χ3v) is 9.28. The van der Waals surface area contributed by atoms with Gasteiger partial charge in [0.05, 0.1) is 11.8 Å². The van der Waals surface area contributed by atoms with Gasteiger partial charge in [0.1, 0.15) is 11.5 Å². The summed E-state index contributed by atoms with van der Waals surface area (Å²) in [6.07, 6.45) is 11.1. The molecule has 2 aliphatic carbocycles. The van der Waals surface area contributed by atoms with E-state index in [0.717, 1.165) is 75.5 Å². The van der Waals surface area contributed by atoms with Gasteiger partial charge in [0, 0.05) is 23.6 Å². The van der Waals surface area contributed by atoms with Gasteiger partial charge in [-0.05, 0) is 96.5 Å². The zero-order chi connectivity index (χ0) is 29.4. The summed E-state index contributed by atoms with van der Waals surface area (Å²) in [7, 11) is 0. The van der Waals surface area contributed by atoms with Gasteiger partial charge < -0.3 is 9.47 Å². The highest BCUT2D eigenvalue weighted by molar-refractivity contribution is 5.78. The minimum absolute atomic E-state index is 0.0151. The number of nitrogens with zero attached hydrogens (tertiary/aromatic N) is 1. The SMILES string of the molecule is Cc1c(OC(=O)C2CCCCC2)ccc(OC(=O)C2CCCCC2)c1[C@H](CCN(C(C)C)C(C)C)c1ccccc1. The minimum Gasteiger partial charge on any atom is -0.426 e. The summed E-state index contributed by atoms with van der Waals surface area (Å²) < 4.78 is 12.4. The second-order valence-corrected chi connectivity index (χ2v) is 12.8. The van der Waals surface area contributed by atoms with E-state index in [1.54, 1.807) is 0 Å². The van der Waals surface area contributed by atoms with Gasteiger partial charge in [-0.3, -0.25) is 14.5 Å². The molecule has 0 heterocycles. The molecule has 41 heavy (non-hydrogen) atoms. The molecule has 2 aliphatic rings. The van der Waals surface area contributed by atoms with E-state index in [9.17, 15) is 9.59 Å². The minimum atomic E-state index is -0.132. The van der Waals surface area contributed by atoms with Crippen molar-refractivity contribution in [2.45, 2.75) is 123 Å². The average molecular weight is 562 g/mol. The van der Waals surface area contributed by atoms with Crippen LogP contribution in [0.25, 0.3) is 0 Å². The zero-order valence-electron chi connectivity index (χ0n) is 26.0. The monoisotopic (exact) mass is 561 g/mol. The van der Waals surface area contributed by atoms with Crippen molar-refractivity contribution < 1.29 is 19.1 Å². The molecule has 0 aliphatic heterocycles. The van der Waals surface area contributed by atoms with Crippen LogP contribution < -0.4 is 9.47 Å². The normalized spacial score (nSPS) is 17.7. The molecule has 5 heteroatoms. The molecule has 0 radical (unpaired) electrons. The lowest BCUT2D eigenvalue weighted by molar-refractivity contribution is -0.141. The van der Waals surface area contributed by atoms with Crippen LogP contribution in [0, 0.1) is 18.8 Å². The lowest BCUT2D eigenvalue weighted by Crippen LogP contribution is -2.38. The molecular weight excluding hydrogens is 510 g/mol. The Hall–Kier alpha value is -2.66. The number of hydrogen-bond donors (Lipinski definition) is 0. The zero-order valence-corrected chi connectivity index (χ0v) is 26.0. The van der Waals surface area contributed by atoms with Crippen molar-refractivity contribution >= 4 is 11.9 Å². The first-order chi connectivity index (χ1) is 19.8. The Bertz CT molecular complexity index is 1120. The van der Waals surface area contributed by atoms with Gasteiger partial charge in [0.15, 0.2) is 0 Å². The van der Waals surface area contributed by atoms with Crippen molar-refractivity contribution in [2.75, 3.05) is 6.54 Å². The molecule has 224 valence electrons. The standard InChI is InChI=1S/C36H51NO4/c1-25(2)37(26(3)4)24-23-31(28-15-9-6-10-16-28)34-27(5)32(40-35(38)29-17-11-7-12-18-29)21-22-33(34)41-36(39)30-19-13-8-14-20-30/h6,9-10,15-16,21-22,25-26,29-31H,7-8,11-14,17-20,23-24H2,1-5H3/t31-/m1/s1. The van der Waals surface area contributed by atoms with Crippen LogP contribution in [0.15, 0.2) is 42.5 Å². The van der Waals surface area contributed by atoms with E-state index >= 15 is 0 Å². The van der Waals surface area contributed by atoms with Crippen LogP contribution in [0.2, 0.25) is 0 Å². The largest absolute Gasteiger partial charge is 0.426 e. The maximum atomic E-state index is 13.4. The average Bonchev–Trinajstić information content (AvgIpc) is 2.98. The number of carbonyl (C=O) groups is 2. The molecule has 0 unspecified atom stereocenters. The summed E-state index contributed by atoms with van der Waals surface area (Å²) in [6.45, 7) is 11.9. The summed E-state index contributed by atoms with van der Waals surface area (Å²) in [4.78, 5) is 29.1. The van der Waals surface area contributed by atoms with Crippen molar-refractivity contribution in [3.05, 3.63) is 59.2 Å². The Kier molecular flexibility index (Phi) is 11.4. The van der Waals surface area contributed by atoms with E-state index in [1.165, 1.54) is 18.4 Å². The summed E-state index contributed by atoms with van der Waals surface area (Å²) in [5.41, 5.74) is 3.02. The molecule has 2 fully saturated rings. The van der Waals surface area contributed by atoms with E-state index in [4.69, 9.17) is 9.47 Å². The molecule has 0 spiro atoms. The fourth-order valence-corrected chi connectivity index (χ4v) is 6.93. The van der Waals surface area contributed by atoms with E-state index in [1.807, 2.05) is 25.1 Å². The van der Waals surface area contributed by atoms with Crippen molar-refractivity contribution in [2.24, 2.45) is 11.8 Å². The highest BCUT2D eigenvalue weighted by atomic mass is 16.5. The maximum Gasteiger partial charge on any atom is 0.314 e. The Labute approximate surface area is 248 Å². The van der Waals surface area contributed by atoms with Gasteiger partial charge >= 0.3 is 11.9 Å². The molecule has 2 saturated carbocycles. The second kappa shape index (κ2) is 15.0. The van der Waals surface area contributed by atoms with Crippen molar-refractivity contribution in [3.8, 4) is 11.5 Å². The molecule has 1 atom stereocenters. The van der Waals surface area contributed by atoms with Gasteiger partial charge in [-0.25, -0.2) is 0 Å². The topological polar surface area (TPSA) is 55.8 Å². The number of benzene rings is 2. The predicted molar refractivity (Wildman–Crippen MR) is 165 cm³/mol. The summed E-state index contributed by atoms with van der Waals surface area (Å²) >= 11 is 0. The number of hydrogen-bond acceptors (Lipinski definition) is 5. The number of ether oxygens (including phenoxy) is 2. The fourth-order valence-electron chi connectivity index (χ4n) is 6.93. The Morgan fingerprint density at radius 3 is 1.73 bits per heavy atom. The van der Waals surface area contributed by atoms with Crippen LogP contribution in [-0.2, 0) is 9.59 Å². The van der Waals surface area contributed by atoms with Gasteiger partial charge in [-0.1, -0.05) is 68.9 Å². The van der Waals surface area contributed by atoms with Crippen LogP contribution in [0.4, 0.5) is 0 Å². The highest BCUT2D eigenvalue weighted by Gasteiger charge is 2.30. The van der Waals surface area contributed by atoms with Crippen molar-refractivity contribution in [1.29, 1.82) is 0 Å². The van der Waals surface area contributed by atoms with Gasteiger partial charge in [-0.2, -0.15) is 0 Å². The number of esters is 2. The molecule has 0 N–H and O–H groups in total. The Morgan fingerprint density at radius 1 is 0.732 bits per heavy atom. The first-order valence-corrected chi connectivity index (χ1v) is 16.1. The van der Waals surface area contributed by atoms with E-state index in [2.05, 4.69) is 56.9 Å². The first-order valence-electron chi connectivity index (χ1n) is 16.1. The summed E-state index contributed by atoms with van der Waals surface area (Å²) in [6, 6.07) is 15.0. The van der Waals surface area contributed by atoms with Crippen LogP contribution in [-0.4, -0.2) is 35.5 Å². The number of rotatable bonds is 11. The van der Waals surface area contributed by atoms with E-state index < -0.39 is 0 Å². The Morgan fingerprint density at radius 2 is 1.22 bits per heavy atom. The number of carbonyl (C=O) groups excluding carboxylic acids is 2. The summed E-state index contributed by atoms with van der Waals surface area (Å²) in [5, 5.41) is 0. The molecular formula is C36H51NO4. The lowest BCUT2D eigenvalue weighted by Gasteiger charge is -2.33.